The van der Waals surface area contributed by atoms with E-state index >= 15 is 0 Å². The molecule has 2 aliphatic rings. The van der Waals surface area contributed by atoms with Gasteiger partial charge >= 0.3 is 12.4 Å². The Balaban J connectivity index is 1.75. The summed E-state index contributed by atoms with van der Waals surface area (Å²) in [6.07, 6.45) is -2.53. The molecule has 2 fully saturated rings. The molecule has 7 N–H and O–H groups in total. The Bertz CT molecular complexity index is 468. The van der Waals surface area contributed by atoms with Crippen LogP contribution in [0.3, 0.4) is 0 Å². The minimum atomic E-state index is -4.65. The third kappa shape index (κ3) is 8.60. The molecule has 158 valence electrons. The van der Waals surface area contributed by atoms with Gasteiger partial charge in [0, 0.05) is 12.1 Å². The summed E-state index contributed by atoms with van der Waals surface area (Å²) < 4.78 is 41.2. The highest BCUT2D eigenvalue weighted by Crippen LogP contribution is 2.28. The van der Waals surface area contributed by atoms with Gasteiger partial charge in [0.1, 0.15) is 6.29 Å². The molecule has 0 radical (unpaired) electrons. The average molecular weight is 396 g/mol. The van der Waals surface area contributed by atoms with E-state index in [9.17, 15) is 18.0 Å². The van der Waals surface area contributed by atoms with E-state index in [-0.39, 0.29) is 24.7 Å². The van der Waals surface area contributed by atoms with Crippen LogP contribution >= 0.6 is 0 Å². The Morgan fingerprint density at radius 1 is 1.22 bits per heavy atom. The van der Waals surface area contributed by atoms with Gasteiger partial charge in [-0.1, -0.05) is 0 Å². The summed E-state index contributed by atoms with van der Waals surface area (Å²) in [5.74, 6) is 0. The molecule has 2 amide bonds. The summed E-state index contributed by atoms with van der Waals surface area (Å²) in [6.45, 7) is 3.41. The summed E-state index contributed by atoms with van der Waals surface area (Å²) in [6, 6.07) is -0.579. The van der Waals surface area contributed by atoms with Crippen molar-refractivity contribution in [3.05, 3.63) is 0 Å². The predicted octanol–water partition coefficient (Wildman–Crippen LogP) is 0.653. The van der Waals surface area contributed by atoms with Crippen LogP contribution in [0.4, 0.5) is 18.0 Å². The molecule has 1 saturated carbocycles. The lowest BCUT2D eigenvalue weighted by Gasteiger charge is -2.37. The number of nitrogens with one attached hydrogen (secondary N) is 5. The number of rotatable bonds is 7. The van der Waals surface area contributed by atoms with E-state index in [1.165, 1.54) is 0 Å². The molecule has 5 atom stereocenters. The number of urea groups is 1. The standard InChI is InChI=1S/C16H31F3N6O2/c1-10-8-13(21-7-3-6-20)24-14(22-10)25-15(26)23-11-4-2-5-12(9-11)27-16(17,18)19/h10-14,21-22,24H,2-9,20H2,1H3,(H2,23,25,26). The second-order valence-electron chi connectivity index (χ2n) is 7.22. The molecule has 8 nitrogen and oxygen atoms in total. The number of carbonyl (C=O) groups excluding carboxylic acids is 1. The normalized spacial score (nSPS) is 32.1. The van der Waals surface area contributed by atoms with E-state index in [1.54, 1.807) is 0 Å². The van der Waals surface area contributed by atoms with E-state index in [0.29, 0.717) is 25.8 Å². The lowest BCUT2D eigenvalue weighted by atomic mass is 9.93. The molecule has 1 aliphatic heterocycles. The van der Waals surface area contributed by atoms with Crippen LogP contribution in [0.1, 0.15) is 45.4 Å². The van der Waals surface area contributed by atoms with Crippen molar-refractivity contribution in [2.24, 2.45) is 5.73 Å². The lowest BCUT2D eigenvalue weighted by Crippen LogP contribution is -2.68. The van der Waals surface area contributed by atoms with Crippen LogP contribution in [0.15, 0.2) is 0 Å². The fourth-order valence-corrected chi connectivity index (χ4v) is 3.56. The topological polar surface area (TPSA) is 112 Å². The van der Waals surface area contributed by atoms with Gasteiger partial charge in [0.2, 0.25) is 0 Å². The molecule has 27 heavy (non-hydrogen) atoms. The van der Waals surface area contributed by atoms with Crippen LogP contribution in [0.2, 0.25) is 0 Å². The molecule has 1 saturated heterocycles. The SMILES string of the molecule is CC1CC(NCCCN)NC(NC(=O)NC2CCCC(OC(F)(F)F)C2)N1. The van der Waals surface area contributed by atoms with Gasteiger partial charge < -0.3 is 21.7 Å². The number of amides is 2. The maximum absolute atomic E-state index is 12.4. The molecular formula is C16H31F3N6O2. The first kappa shape index (κ1) is 22.2. The summed E-state index contributed by atoms with van der Waals surface area (Å²) in [5, 5.41) is 15.3. The molecule has 11 heteroatoms. The molecule has 0 aromatic carbocycles. The lowest BCUT2D eigenvalue weighted by molar-refractivity contribution is -0.345. The van der Waals surface area contributed by atoms with Crippen molar-refractivity contribution in [3.8, 4) is 0 Å². The van der Waals surface area contributed by atoms with Crippen molar-refractivity contribution in [3.63, 3.8) is 0 Å². The highest BCUT2D eigenvalue weighted by atomic mass is 19.4. The van der Waals surface area contributed by atoms with Crippen molar-refractivity contribution in [2.45, 2.75) is 82.5 Å². The quantitative estimate of drug-likeness (QED) is 0.353. The number of alkyl halides is 3. The maximum Gasteiger partial charge on any atom is 0.522 e. The zero-order valence-electron chi connectivity index (χ0n) is 15.6. The monoisotopic (exact) mass is 396 g/mol. The number of hydrogen-bond donors (Lipinski definition) is 6. The maximum atomic E-state index is 12.4. The van der Waals surface area contributed by atoms with Gasteiger partial charge in [0.15, 0.2) is 0 Å². The van der Waals surface area contributed by atoms with Crippen molar-refractivity contribution >= 4 is 6.03 Å². The molecule has 0 spiro atoms. The Morgan fingerprint density at radius 3 is 2.70 bits per heavy atom. The smallest absolute Gasteiger partial charge is 0.335 e. The highest BCUT2D eigenvalue weighted by molar-refractivity contribution is 5.74. The Hall–Kier alpha value is -1.14. The summed E-state index contributed by atoms with van der Waals surface area (Å²) in [5.41, 5.74) is 5.49. The van der Waals surface area contributed by atoms with Crippen molar-refractivity contribution in [1.82, 2.24) is 26.6 Å². The first-order valence-corrected chi connectivity index (χ1v) is 9.52. The third-order valence-corrected chi connectivity index (χ3v) is 4.72. The van der Waals surface area contributed by atoms with Gasteiger partial charge in [-0.15, -0.1) is 13.2 Å². The van der Waals surface area contributed by atoms with Gasteiger partial charge in [0.25, 0.3) is 0 Å². The van der Waals surface area contributed by atoms with E-state index in [0.717, 1.165) is 19.4 Å². The average Bonchev–Trinajstić information content (AvgIpc) is 2.53. The molecule has 2 rings (SSSR count). The molecule has 0 aromatic rings. The zero-order chi connectivity index (χ0) is 19.9. The van der Waals surface area contributed by atoms with Crippen LogP contribution in [0.25, 0.3) is 0 Å². The number of ether oxygens (including phenoxy) is 1. The first-order valence-electron chi connectivity index (χ1n) is 9.52. The fraction of sp³-hybridized carbons (Fsp3) is 0.938. The first-order chi connectivity index (χ1) is 12.7. The number of carbonyl (C=O) groups is 1. The van der Waals surface area contributed by atoms with Crippen molar-refractivity contribution < 1.29 is 22.7 Å². The molecule has 1 aliphatic carbocycles. The van der Waals surface area contributed by atoms with Crippen LogP contribution in [-0.4, -0.2) is 56.1 Å². The van der Waals surface area contributed by atoms with E-state index < -0.39 is 24.8 Å². The largest absolute Gasteiger partial charge is 0.522 e. The second kappa shape index (κ2) is 10.4. The number of nitrogens with two attached hydrogens (primary N) is 1. The highest BCUT2D eigenvalue weighted by Gasteiger charge is 2.36. The predicted molar refractivity (Wildman–Crippen MR) is 94.5 cm³/mol. The van der Waals surface area contributed by atoms with Gasteiger partial charge in [-0.3, -0.25) is 15.4 Å². The number of halogens is 3. The minimum Gasteiger partial charge on any atom is -0.335 e. The minimum absolute atomic E-state index is 0.0392. The molecule has 5 unspecified atom stereocenters. The summed E-state index contributed by atoms with van der Waals surface area (Å²) in [7, 11) is 0. The summed E-state index contributed by atoms with van der Waals surface area (Å²) in [4.78, 5) is 12.2. The second-order valence-corrected chi connectivity index (χ2v) is 7.22. The Morgan fingerprint density at radius 2 is 2.00 bits per heavy atom. The van der Waals surface area contributed by atoms with Gasteiger partial charge in [0.05, 0.1) is 12.3 Å². The zero-order valence-corrected chi connectivity index (χ0v) is 15.6. The van der Waals surface area contributed by atoms with E-state index in [4.69, 9.17) is 5.73 Å². The fourth-order valence-electron chi connectivity index (χ4n) is 3.56. The van der Waals surface area contributed by atoms with Crippen LogP contribution in [0, 0.1) is 0 Å². The van der Waals surface area contributed by atoms with Gasteiger partial charge in [-0.2, -0.15) is 0 Å². The van der Waals surface area contributed by atoms with Gasteiger partial charge in [-0.05, 0) is 58.5 Å². The van der Waals surface area contributed by atoms with Crippen LogP contribution < -0.4 is 32.3 Å². The Kier molecular flexibility index (Phi) is 8.55. The van der Waals surface area contributed by atoms with Gasteiger partial charge in [-0.25, -0.2) is 4.79 Å². The molecule has 1 heterocycles. The van der Waals surface area contributed by atoms with E-state index in [2.05, 4.69) is 31.3 Å². The molecule has 0 bridgehead atoms. The molecular weight excluding hydrogens is 365 g/mol. The third-order valence-electron chi connectivity index (χ3n) is 4.72. The van der Waals surface area contributed by atoms with E-state index in [1.807, 2.05) is 6.92 Å². The molecule has 0 aromatic heterocycles. The van der Waals surface area contributed by atoms with Crippen LogP contribution in [0.5, 0.6) is 0 Å². The van der Waals surface area contributed by atoms with Crippen molar-refractivity contribution in [2.75, 3.05) is 13.1 Å². The number of hydrogen-bond acceptors (Lipinski definition) is 6. The summed E-state index contributed by atoms with van der Waals surface area (Å²) >= 11 is 0. The van der Waals surface area contributed by atoms with Crippen molar-refractivity contribution in [1.29, 1.82) is 0 Å². The van der Waals surface area contributed by atoms with Crippen LogP contribution in [-0.2, 0) is 4.74 Å². The Labute approximate surface area is 157 Å².